The molecule has 2 radical (unpaired) electrons. The molecular weight excluding hydrogens is 282 g/mol. The fraction of sp³-hybridized carbons (Fsp3) is 0.867. The minimum atomic E-state index is -0.986. The van der Waals surface area contributed by atoms with E-state index in [-0.39, 0.29) is 43.6 Å². The van der Waals surface area contributed by atoms with Gasteiger partial charge in [-0.25, -0.2) is 0 Å². The quantitative estimate of drug-likeness (QED) is 0.430. The summed E-state index contributed by atoms with van der Waals surface area (Å²) in [6.07, 6.45) is 11.3. The first-order chi connectivity index (χ1) is 9.07. The number of nitrogens with one attached hydrogen (secondary N) is 1. The average Bonchev–Trinajstić information content (AvgIpc) is 2.36. The molecule has 0 rings (SSSR count). The zero-order valence-corrected chi connectivity index (χ0v) is 15.3. The van der Waals surface area contributed by atoms with E-state index >= 15 is 0 Å². The van der Waals surface area contributed by atoms with Gasteiger partial charge in [-0.3, -0.25) is 9.59 Å². The van der Waals surface area contributed by atoms with Crippen molar-refractivity contribution in [1.29, 1.82) is 0 Å². The Morgan fingerprint density at radius 2 is 1.40 bits per heavy atom. The van der Waals surface area contributed by atoms with Crippen LogP contribution in [0.25, 0.3) is 0 Å². The van der Waals surface area contributed by atoms with Gasteiger partial charge < -0.3 is 10.4 Å². The Kier molecular flexibility index (Phi) is 17.5. The Labute approximate surface area is 153 Å². The summed E-state index contributed by atoms with van der Waals surface area (Å²) in [4.78, 5) is 21.9. The van der Waals surface area contributed by atoms with Gasteiger partial charge in [-0.05, 0) is 13.3 Å². The SMILES string of the molecule is CCCCCCCCCCCC(=O)N[C@@H](C)C(=O)O.[Ca]. The second-order valence-corrected chi connectivity index (χ2v) is 5.21. The molecule has 0 heterocycles. The summed E-state index contributed by atoms with van der Waals surface area (Å²) >= 11 is 0. The van der Waals surface area contributed by atoms with Crippen molar-refractivity contribution in [3.05, 3.63) is 0 Å². The number of aliphatic carboxylic acids is 1. The first-order valence-electron chi connectivity index (χ1n) is 7.60. The first-order valence-corrected chi connectivity index (χ1v) is 7.60. The number of rotatable bonds is 12. The van der Waals surface area contributed by atoms with Crippen molar-refractivity contribution in [2.45, 2.75) is 84.1 Å². The van der Waals surface area contributed by atoms with Gasteiger partial charge in [-0.2, -0.15) is 0 Å². The van der Waals surface area contributed by atoms with Gasteiger partial charge in [0.2, 0.25) is 5.91 Å². The van der Waals surface area contributed by atoms with Crippen LogP contribution in [0, 0.1) is 0 Å². The summed E-state index contributed by atoms with van der Waals surface area (Å²) < 4.78 is 0. The van der Waals surface area contributed by atoms with E-state index in [2.05, 4.69) is 12.2 Å². The predicted octanol–water partition coefficient (Wildman–Crippen LogP) is 3.12. The third kappa shape index (κ3) is 14.6. The number of carbonyl (C=O) groups excluding carboxylic acids is 1. The van der Waals surface area contributed by atoms with E-state index in [1.165, 1.54) is 51.9 Å². The van der Waals surface area contributed by atoms with Crippen LogP contribution >= 0.6 is 0 Å². The minimum Gasteiger partial charge on any atom is -0.480 e. The topological polar surface area (TPSA) is 66.4 Å². The molecule has 0 aliphatic heterocycles. The second-order valence-electron chi connectivity index (χ2n) is 5.21. The molecule has 0 aliphatic rings. The summed E-state index contributed by atoms with van der Waals surface area (Å²) in [5.41, 5.74) is 0. The monoisotopic (exact) mass is 311 g/mol. The molecular formula is C15H29CaNO3. The zero-order chi connectivity index (χ0) is 14.5. The van der Waals surface area contributed by atoms with Gasteiger partial charge in [-0.15, -0.1) is 0 Å². The molecule has 5 heteroatoms. The summed E-state index contributed by atoms with van der Waals surface area (Å²) in [6, 6.07) is -0.786. The Hall–Kier alpha value is 0.200. The second kappa shape index (κ2) is 15.6. The normalized spacial score (nSPS) is 11.5. The molecule has 0 aromatic heterocycles. The van der Waals surface area contributed by atoms with Crippen molar-refractivity contribution in [2.24, 2.45) is 0 Å². The van der Waals surface area contributed by atoms with Gasteiger partial charge in [0.25, 0.3) is 0 Å². The van der Waals surface area contributed by atoms with Crippen LogP contribution in [0.3, 0.4) is 0 Å². The van der Waals surface area contributed by atoms with Crippen LogP contribution in [0.5, 0.6) is 0 Å². The third-order valence-corrected chi connectivity index (χ3v) is 3.26. The fourth-order valence-corrected chi connectivity index (χ4v) is 1.97. The van der Waals surface area contributed by atoms with E-state index < -0.39 is 12.0 Å². The maximum Gasteiger partial charge on any atom is 0.325 e. The van der Waals surface area contributed by atoms with Crippen LogP contribution in [0.2, 0.25) is 0 Å². The van der Waals surface area contributed by atoms with Crippen molar-refractivity contribution in [2.75, 3.05) is 0 Å². The molecule has 0 saturated heterocycles. The molecule has 0 fully saturated rings. The molecule has 2 N–H and O–H groups in total. The van der Waals surface area contributed by atoms with Gasteiger partial charge in [-0.1, -0.05) is 58.3 Å². The maximum atomic E-state index is 11.4. The smallest absolute Gasteiger partial charge is 0.325 e. The van der Waals surface area contributed by atoms with Gasteiger partial charge in [0.1, 0.15) is 6.04 Å². The predicted molar refractivity (Wildman–Crippen MR) is 82.8 cm³/mol. The van der Waals surface area contributed by atoms with Crippen LogP contribution < -0.4 is 5.32 Å². The summed E-state index contributed by atoms with van der Waals surface area (Å²) in [7, 11) is 0. The van der Waals surface area contributed by atoms with Crippen LogP contribution in [-0.2, 0) is 9.59 Å². The first kappa shape index (κ1) is 22.5. The number of amides is 1. The number of carboxylic acid groups (broad SMARTS) is 1. The Morgan fingerprint density at radius 1 is 0.950 bits per heavy atom. The van der Waals surface area contributed by atoms with Gasteiger partial charge in [0.15, 0.2) is 0 Å². The van der Waals surface area contributed by atoms with E-state index in [9.17, 15) is 9.59 Å². The maximum absolute atomic E-state index is 11.4. The molecule has 4 nitrogen and oxygen atoms in total. The van der Waals surface area contributed by atoms with Gasteiger partial charge in [0.05, 0.1) is 0 Å². The molecule has 0 saturated carbocycles. The standard InChI is InChI=1S/C15H29NO3.Ca/c1-3-4-5-6-7-8-9-10-11-12-14(17)16-13(2)15(18)19;/h13H,3-12H2,1-2H3,(H,16,17)(H,18,19);/t13-;/m0./s1. The molecule has 0 unspecified atom stereocenters. The molecule has 114 valence electrons. The van der Waals surface area contributed by atoms with Crippen molar-refractivity contribution in [1.82, 2.24) is 5.32 Å². The zero-order valence-electron chi connectivity index (χ0n) is 13.1. The number of hydrogen-bond acceptors (Lipinski definition) is 2. The Balaban J connectivity index is 0. The average molecular weight is 311 g/mol. The van der Waals surface area contributed by atoms with E-state index in [4.69, 9.17) is 5.11 Å². The molecule has 0 aromatic rings. The number of hydrogen-bond donors (Lipinski definition) is 2. The largest absolute Gasteiger partial charge is 0.480 e. The third-order valence-electron chi connectivity index (χ3n) is 3.26. The van der Waals surface area contributed by atoms with Crippen molar-refractivity contribution >= 4 is 49.6 Å². The number of unbranched alkanes of at least 4 members (excludes halogenated alkanes) is 8. The van der Waals surface area contributed by atoms with E-state index in [0.717, 1.165) is 12.8 Å². The molecule has 20 heavy (non-hydrogen) atoms. The van der Waals surface area contributed by atoms with Crippen molar-refractivity contribution < 1.29 is 14.7 Å². The Morgan fingerprint density at radius 3 is 1.85 bits per heavy atom. The fourth-order valence-electron chi connectivity index (χ4n) is 1.97. The minimum absolute atomic E-state index is 0. The van der Waals surface area contributed by atoms with Gasteiger partial charge >= 0.3 is 5.97 Å². The van der Waals surface area contributed by atoms with Crippen molar-refractivity contribution in [3.63, 3.8) is 0 Å². The van der Waals surface area contributed by atoms with Crippen molar-refractivity contribution in [3.8, 4) is 0 Å². The summed E-state index contributed by atoms with van der Waals surface area (Å²) in [5, 5.41) is 11.1. The van der Waals surface area contributed by atoms with E-state index in [1.54, 1.807) is 0 Å². The molecule has 1 atom stereocenters. The number of carboxylic acids is 1. The van der Waals surface area contributed by atoms with E-state index in [1.807, 2.05) is 0 Å². The van der Waals surface area contributed by atoms with E-state index in [0.29, 0.717) is 6.42 Å². The molecule has 0 aliphatic carbocycles. The van der Waals surface area contributed by atoms with Crippen LogP contribution in [-0.4, -0.2) is 60.8 Å². The van der Waals surface area contributed by atoms with Crippen LogP contribution in [0.1, 0.15) is 78.1 Å². The molecule has 0 bridgehead atoms. The van der Waals surface area contributed by atoms with Crippen LogP contribution in [0.4, 0.5) is 0 Å². The Bertz CT molecular complexity index is 260. The molecule has 1 amide bonds. The summed E-state index contributed by atoms with van der Waals surface area (Å²) in [6.45, 7) is 3.70. The molecule has 0 spiro atoms. The van der Waals surface area contributed by atoms with Crippen LogP contribution in [0.15, 0.2) is 0 Å². The summed E-state index contributed by atoms with van der Waals surface area (Å²) in [5.74, 6) is -1.14. The van der Waals surface area contributed by atoms with Gasteiger partial charge in [0, 0.05) is 44.2 Å². The molecule has 0 aromatic carbocycles. The number of carbonyl (C=O) groups is 2.